The van der Waals surface area contributed by atoms with Crippen molar-refractivity contribution in [3.05, 3.63) is 23.8 Å². The summed E-state index contributed by atoms with van der Waals surface area (Å²) in [6.07, 6.45) is 6.98. The molecule has 2 rings (SSSR count). The molecule has 1 aliphatic rings. The van der Waals surface area contributed by atoms with Crippen molar-refractivity contribution in [1.82, 2.24) is 0 Å². The number of aryl methyl sites for hydroxylation is 1. The first-order valence-electron chi connectivity index (χ1n) is 7.12. The second-order valence-electron chi connectivity index (χ2n) is 5.52. The molecule has 0 aliphatic heterocycles. The molecule has 0 bridgehead atoms. The van der Waals surface area contributed by atoms with Gasteiger partial charge < -0.3 is 10.1 Å². The maximum atomic E-state index is 5.29. The molecule has 0 saturated heterocycles. The van der Waals surface area contributed by atoms with Crippen LogP contribution in [-0.2, 0) is 0 Å². The molecule has 1 aliphatic carbocycles. The van der Waals surface area contributed by atoms with E-state index in [0.29, 0.717) is 6.04 Å². The molecular weight excluding hydrogens is 222 g/mol. The Kier molecular flexibility index (Phi) is 4.51. The van der Waals surface area contributed by atoms with Crippen molar-refractivity contribution in [2.24, 2.45) is 5.92 Å². The second kappa shape index (κ2) is 6.12. The fourth-order valence-corrected chi connectivity index (χ4v) is 2.98. The summed E-state index contributed by atoms with van der Waals surface area (Å²) in [5, 5.41) is 3.65. The molecule has 1 aromatic carbocycles. The van der Waals surface area contributed by atoms with E-state index in [1.807, 2.05) is 6.07 Å². The number of ether oxygens (including phenoxy) is 1. The zero-order valence-corrected chi connectivity index (χ0v) is 11.8. The van der Waals surface area contributed by atoms with E-state index >= 15 is 0 Å². The van der Waals surface area contributed by atoms with Crippen LogP contribution in [0, 0.1) is 12.8 Å². The Morgan fingerprint density at radius 2 is 1.94 bits per heavy atom. The average Bonchev–Trinajstić information content (AvgIpc) is 2.40. The van der Waals surface area contributed by atoms with Gasteiger partial charge in [0.2, 0.25) is 0 Å². The number of benzene rings is 1. The van der Waals surface area contributed by atoms with Crippen molar-refractivity contribution in [2.75, 3.05) is 12.4 Å². The highest BCUT2D eigenvalue weighted by molar-refractivity contribution is 5.51. The maximum absolute atomic E-state index is 5.29. The van der Waals surface area contributed by atoms with E-state index in [2.05, 4.69) is 31.3 Å². The molecule has 0 amide bonds. The van der Waals surface area contributed by atoms with Crippen molar-refractivity contribution in [3.8, 4) is 5.75 Å². The van der Waals surface area contributed by atoms with E-state index in [-0.39, 0.29) is 0 Å². The summed E-state index contributed by atoms with van der Waals surface area (Å²) >= 11 is 0. The Bertz CT molecular complexity index is 383. The summed E-state index contributed by atoms with van der Waals surface area (Å²) in [7, 11) is 1.72. The first-order valence-corrected chi connectivity index (χ1v) is 7.12. The maximum Gasteiger partial charge on any atom is 0.121 e. The van der Waals surface area contributed by atoms with E-state index in [9.17, 15) is 0 Å². The zero-order chi connectivity index (χ0) is 13.0. The van der Waals surface area contributed by atoms with Crippen LogP contribution in [0.3, 0.4) is 0 Å². The van der Waals surface area contributed by atoms with Crippen LogP contribution in [0.15, 0.2) is 18.2 Å². The fourth-order valence-electron chi connectivity index (χ4n) is 2.98. The van der Waals surface area contributed by atoms with Gasteiger partial charge in [0.1, 0.15) is 5.75 Å². The van der Waals surface area contributed by atoms with Crippen LogP contribution in [0.2, 0.25) is 0 Å². The third kappa shape index (κ3) is 3.18. The third-order valence-corrected chi connectivity index (χ3v) is 4.15. The standard InChI is InChI=1S/C16H25NO/c1-12-11-15(9-10-16(12)18-3)17-13(2)14-7-5-4-6-8-14/h9-11,13-14,17H,4-8H2,1-3H3. The summed E-state index contributed by atoms with van der Waals surface area (Å²) < 4.78 is 5.29. The van der Waals surface area contributed by atoms with Gasteiger partial charge in [-0.1, -0.05) is 19.3 Å². The monoisotopic (exact) mass is 247 g/mol. The number of hydrogen-bond donors (Lipinski definition) is 1. The molecular formula is C16H25NO. The van der Waals surface area contributed by atoms with Crippen LogP contribution in [0.25, 0.3) is 0 Å². The number of hydrogen-bond acceptors (Lipinski definition) is 2. The highest BCUT2D eigenvalue weighted by Gasteiger charge is 2.19. The molecule has 1 N–H and O–H groups in total. The number of nitrogens with one attached hydrogen (secondary N) is 1. The third-order valence-electron chi connectivity index (χ3n) is 4.15. The summed E-state index contributed by atoms with van der Waals surface area (Å²) in [6, 6.07) is 6.91. The minimum Gasteiger partial charge on any atom is -0.496 e. The molecule has 18 heavy (non-hydrogen) atoms. The normalized spacial score (nSPS) is 18.4. The molecule has 0 heterocycles. The minimum absolute atomic E-state index is 0.568. The van der Waals surface area contributed by atoms with Crippen molar-refractivity contribution in [1.29, 1.82) is 0 Å². The van der Waals surface area contributed by atoms with Gasteiger partial charge in [-0.05, 0) is 56.4 Å². The van der Waals surface area contributed by atoms with Crippen LogP contribution in [0.1, 0.15) is 44.6 Å². The highest BCUT2D eigenvalue weighted by atomic mass is 16.5. The van der Waals surface area contributed by atoms with Gasteiger partial charge >= 0.3 is 0 Å². The SMILES string of the molecule is COc1ccc(NC(C)C2CCCCC2)cc1C. The largest absolute Gasteiger partial charge is 0.496 e. The van der Waals surface area contributed by atoms with E-state index in [1.165, 1.54) is 43.4 Å². The smallest absolute Gasteiger partial charge is 0.121 e. The van der Waals surface area contributed by atoms with Crippen LogP contribution in [-0.4, -0.2) is 13.2 Å². The Labute approximate surface area is 111 Å². The Morgan fingerprint density at radius 1 is 1.22 bits per heavy atom. The van der Waals surface area contributed by atoms with Gasteiger partial charge in [0.05, 0.1) is 7.11 Å². The van der Waals surface area contributed by atoms with Gasteiger partial charge in [-0.25, -0.2) is 0 Å². The predicted octanol–water partition coefficient (Wildman–Crippen LogP) is 4.38. The lowest BCUT2D eigenvalue weighted by Crippen LogP contribution is -2.27. The van der Waals surface area contributed by atoms with E-state index in [0.717, 1.165) is 11.7 Å². The summed E-state index contributed by atoms with van der Waals surface area (Å²) in [5.41, 5.74) is 2.41. The minimum atomic E-state index is 0.568. The molecule has 0 radical (unpaired) electrons. The predicted molar refractivity (Wildman–Crippen MR) is 77.4 cm³/mol. The lowest BCUT2D eigenvalue weighted by atomic mass is 9.84. The highest BCUT2D eigenvalue weighted by Crippen LogP contribution is 2.29. The van der Waals surface area contributed by atoms with Crippen molar-refractivity contribution < 1.29 is 4.74 Å². The van der Waals surface area contributed by atoms with Gasteiger partial charge in [-0.3, -0.25) is 0 Å². The average molecular weight is 247 g/mol. The quantitative estimate of drug-likeness (QED) is 0.852. The molecule has 1 aromatic rings. The summed E-state index contributed by atoms with van der Waals surface area (Å²) in [5.74, 6) is 1.80. The summed E-state index contributed by atoms with van der Waals surface area (Å²) in [6.45, 7) is 4.41. The Hall–Kier alpha value is -1.18. The van der Waals surface area contributed by atoms with Crippen LogP contribution >= 0.6 is 0 Å². The van der Waals surface area contributed by atoms with Gasteiger partial charge in [0.25, 0.3) is 0 Å². The molecule has 0 aromatic heterocycles. The first-order chi connectivity index (χ1) is 8.70. The van der Waals surface area contributed by atoms with Gasteiger partial charge in [0.15, 0.2) is 0 Å². The van der Waals surface area contributed by atoms with Crippen molar-refractivity contribution in [3.63, 3.8) is 0 Å². The van der Waals surface area contributed by atoms with E-state index in [4.69, 9.17) is 4.74 Å². The van der Waals surface area contributed by atoms with Gasteiger partial charge in [-0.2, -0.15) is 0 Å². The molecule has 2 heteroatoms. The van der Waals surface area contributed by atoms with Crippen molar-refractivity contribution in [2.45, 2.75) is 52.0 Å². The second-order valence-corrected chi connectivity index (χ2v) is 5.52. The zero-order valence-electron chi connectivity index (χ0n) is 11.8. The lowest BCUT2D eigenvalue weighted by molar-refractivity contribution is 0.328. The topological polar surface area (TPSA) is 21.3 Å². The fraction of sp³-hybridized carbons (Fsp3) is 0.625. The van der Waals surface area contributed by atoms with Crippen LogP contribution < -0.4 is 10.1 Å². The number of anilines is 1. The van der Waals surface area contributed by atoms with E-state index in [1.54, 1.807) is 7.11 Å². The molecule has 1 unspecified atom stereocenters. The molecule has 2 nitrogen and oxygen atoms in total. The Morgan fingerprint density at radius 3 is 2.56 bits per heavy atom. The first kappa shape index (κ1) is 13.3. The molecule has 0 spiro atoms. The lowest BCUT2D eigenvalue weighted by Gasteiger charge is -2.29. The molecule has 1 fully saturated rings. The summed E-state index contributed by atoms with van der Waals surface area (Å²) in [4.78, 5) is 0. The Balaban J connectivity index is 1.97. The van der Waals surface area contributed by atoms with Gasteiger partial charge in [0, 0.05) is 11.7 Å². The molecule has 100 valence electrons. The number of methoxy groups -OCH3 is 1. The molecule has 1 atom stereocenters. The number of rotatable bonds is 4. The van der Waals surface area contributed by atoms with Gasteiger partial charge in [-0.15, -0.1) is 0 Å². The van der Waals surface area contributed by atoms with E-state index < -0.39 is 0 Å². The van der Waals surface area contributed by atoms with Crippen molar-refractivity contribution >= 4 is 5.69 Å². The molecule has 1 saturated carbocycles. The van der Waals surface area contributed by atoms with Crippen LogP contribution in [0.5, 0.6) is 5.75 Å². The van der Waals surface area contributed by atoms with Crippen LogP contribution in [0.4, 0.5) is 5.69 Å².